The summed E-state index contributed by atoms with van der Waals surface area (Å²) in [6.45, 7) is 5.18. The van der Waals surface area contributed by atoms with Crippen molar-refractivity contribution in [2.75, 3.05) is 44.7 Å². The first-order chi connectivity index (χ1) is 13.2. The number of pyridine rings is 1. The van der Waals surface area contributed by atoms with Crippen LogP contribution in [0.5, 0.6) is 0 Å². The molecule has 1 aromatic heterocycles. The van der Waals surface area contributed by atoms with Crippen LogP contribution >= 0.6 is 0 Å². The third-order valence-electron chi connectivity index (χ3n) is 7.26. The molecule has 27 heavy (non-hydrogen) atoms. The molecule has 3 fully saturated rings. The van der Waals surface area contributed by atoms with Crippen LogP contribution < -0.4 is 15.5 Å². The van der Waals surface area contributed by atoms with Crippen molar-refractivity contribution in [3.8, 4) is 0 Å². The maximum absolute atomic E-state index is 12.8. The van der Waals surface area contributed by atoms with Crippen LogP contribution in [0.3, 0.4) is 0 Å². The van der Waals surface area contributed by atoms with Crippen LogP contribution in [-0.2, 0) is 6.42 Å². The Morgan fingerprint density at radius 1 is 1.26 bits per heavy atom. The van der Waals surface area contributed by atoms with E-state index >= 15 is 0 Å². The molecule has 0 aromatic carbocycles. The molecule has 0 unspecified atom stereocenters. The largest absolute Gasteiger partial charge is 0.359 e. The first-order valence-corrected chi connectivity index (χ1v) is 10.7. The molecule has 0 radical (unpaired) electrons. The smallest absolute Gasteiger partial charge is 0.270 e. The third kappa shape index (κ3) is 3.13. The van der Waals surface area contributed by atoms with Crippen LogP contribution in [0.15, 0.2) is 12.1 Å². The molecule has 5 rings (SSSR count). The second kappa shape index (κ2) is 7.06. The summed E-state index contributed by atoms with van der Waals surface area (Å²) >= 11 is 0. The Balaban J connectivity index is 1.28. The lowest BCUT2D eigenvalue weighted by Crippen LogP contribution is -2.65. The lowest BCUT2D eigenvalue weighted by atomic mass is 9.73. The minimum atomic E-state index is -0.0300. The number of nitrogens with zero attached hydrogens (tertiary/aromatic N) is 3. The van der Waals surface area contributed by atoms with E-state index in [0.29, 0.717) is 23.7 Å². The van der Waals surface area contributed by atoms with Crippen molar-refractivity contribution in [1.29, 1.82) is 0 Å². The van der Waals surface area contributed by atoms with Gasteiger partial charge in [0.25, 0.3) is 5.91 Å². The molecule has 0 saturated carbocycles. The van der Waals surface area contributed by atoms with E-state index in [1.54, 1.807) is 0 Å². The molecule has 6 nitrogen and oxygen atoms in total. The minimum absolute atomic E-state index is 0.0300. The number of likely N-dealkylation sites (N-methyl/N-ethyl adjacent to an activating group) is 1. The maximum Gasteiger partial charge on any atom is 0.270 e. The van der Waals surface area contributed by atoms with E-state index in [1.165, 1.54) is 44.3 Å². The summed E-state index contributed by atoms with van der Waals surface area (Å²) < 4.78 is 0. The highest BCUT2D eigenvalue weighted by atomic mass is 16.1. The molecule has 3 saturated heterocycles. The van der Waals surface area contributed by atoms with Crippen LogP contribution in [0.25, 0.3) is 0 Å². The number of piperidine rings is 3. The highest BCUT2D eigenvalue weighted by Crippen LogP contribution is 2.38. The second-order valence-electron chi connectivity index (χ2n) is 8.84. The fourth-order valence-corrected chi connectivity index (χ4v) is 5.86. The molecule has 0 aliphatic carbocycles. The van der Waals surface area contributed by atoms with E-state index in [4.69, 9.17) is 0 Å². The quantitative estimate of drug-likeness (QED) is 0.840. The van der Waals surface area contributed by atoms with Crippen molar-refractivity contribution >= 4 is 11.7 Å². The summed E-state index contributed by atoms with van der Waals surface area (Å²) in [5, 5.41) is 6.87. The predicted molar refractivity (Wildman–Crippen MR) is 106 cm³/mol. The Morgan fingerprint density at radius 2 is 2.15 bits per heavy atom. The zero-order valence-electron chi connectivity index (χ0n) is 16.3. The first-order valence-electron chi connectivity index (χ1n) is 10.7. The van der Waals surface area contributed by atoms with E-state index in [1.807, 2.05) is 13.1 Å². The number of rotatable bonds is 3. The molecule has 1 aromatic rings. The summed E-state index contributed by atoms with van der Waals surface area (Å²) in [4.78, 5) is 22.3. The number of carbonyl (C=O) groups excluding carboxylic acids is 1. The first kappa shape index (κ1) is 17.4. The van der Waals surface area contributed by atoms with Crippen LogP contribution in [0.1, 0.15) is 41.7 Å². The van der Waals surface area contributed by atoms with Gasteiger partial charge in [-0.2, -0.15) is 0 Å². The minimum Gasteiger partial charge on any atom is -0.359 e. The molecule has 1 amide bonds. The summed E-state index contributed by atoms with van der Waals surface area (Å²) in [7, 11) is 2.05. The summed E-state index contributed by atoms with van der Waals surface area (Å²) in [5.74, 6) is 2.38. The normalized spacial score (nSPS) is 32.7. The van der Waals surface area contributed by atoms with Crippen molar-refractivity contribution in [2.45, 2.75) is 44.2 Å². The summed E-state index contributed by atoms with van der Waals surface area (Å²) in [5.41, 5.74) is 1.80. The van der Waals surface area contributed by atoms with E-state index in [0.717, 1.165) is 37.8 Å². The van der Waals surface area contributed by atoms with Crippen molar-refractivity contribution < 1.29 is 4.79 Å². The van der Waals surface area contributed by atoms with Crippen molar-refractivity contribution in [3.63, 3.8) is 0 Å². The summed E-state index contributed by atoms with van der Waals surface area (Å²) in [6, 6.07) is 5.12. The number of hydrogen-bond acceptors (Lipinski definition) is 5. The van der Waals surface area contributed by atoms with Gasteiger partial charge in [0.05, 0.1) is 0 Å². The Hall–Kier alpha value is -1.66. The standard InChI is InChI=1S/C21H31N5O/c1-25-9-7-14-5-6-17(24-20(14)25)21(27)23-13-19-16-10-15(11-22-12-16)18-4-2-3-8-26(18)19/h5-6,15-16,18-19,22H,2-4,7-13H2,1H3,(H,23,27)/t15-,16+,18+,19+/m1/s1. The number of anilines is 1. The van der Waals surface area contributed by atoms with Crippen LogP contribution in [0.2, 0.25) is 0 Å². The van der Waals surface area contributed by atoms with E-state index in [9.17, 15) is 4.79 Å². The van der Waals surface area contributed by atoms with E-state index in [-0.39, 0.29) is 5.91 Å². The van der Waals surface area contributed by atoms with Gasteiger partial charge in [-0.1, -0.05) is 12.5 Å². The Kier molecular flexibility index (Phi) is 4.56. The number of hydrogen-bond donors (Lipinski definition) is 2. The molecular weight excluding hydrogens is 338 g/mol. The zero-order valence-corrected chi connectivity index (χ0v) is 16.3. The lowest BCUT2D eigenvalue weighted by Gasteiger charge is -2.55. The van der Waals surface area contributed by atoms with Gasteiger partial charge >= 0.3 is 0 Å². The lowest BCUT2D eigenvalue weighted by molar-refractivity contribution is -0.0371. The molecule has 0 spiro atoms. The number of fused-ring (bicyclic) bond motifs is 5. The van der Waals surface area contributed by atoms with Gasteiger partial charge in [-0.3, -0.25) is 9.69 Å². The Morgan fingerprint density at radius 3 is 3.07 bits per heavy atom. The van der Waals surface area contributed by atoms with E-state index in [2.05, 4.69) is 31.5 Å². The SMILES string of the molecule is CN1CCc2ccc(C(=O)NC[C@H]3[C@@H]4CNC[C@@H](C4)[C@@H]4CCCCN43)nc21. The average Bonchev–Trinajstić information content (AvgIpc) is 3.08. The van der Waals surface area contributed by atoms with Crippen molar-refractivity contribution in [3.05, 3.63) is 23.4 Å². The molecule has 146 valence electrons. The van der Waals surface area contributed by atoms with Crippen molar-refractivity contribution in [1.82, 2.24) is 20.5 Å². The maximum atomic E-state index is 12.8. The molecule has 4 aliphatic rings. The molecule has 2 N–H and O–H groups in total. The number of aromatic nitrogens is 1. The Labute approximate surface area is 161 Å². The number of amides is 1. The topological polar surface area (TPSA) is 60.5 Å². The predicted octanol–water partition coefficient (Wildman–Crippen LogP) is 1.27. The van der Waals surface area contributed by atoms with Crippen LogP contribution in [0.4, 0.5) is 5.82 Å². The molecule has 4 aliphatic heterocycles. The number of carbonyl (C=O) groups is 1. The highest BCUT2D eigenvalue weighted by Gasteiger charge is 2.45. The third-order valence-corrected chi connectivity index (χ3v) is 7.26. The fourth-order valence-electron chi connectivity index (χ4n) is 5.86. The molecule has 4 atom stereocenters. The highest BCUT2D eigenvalue weighted by molar-refractivity contribution is 5.92. The Bertz CT molecular complexity index is 723. The number of nitrogens with one attached hydrogen (secondary N) is 2. The molecule has 5 heterocycles. The van der Waals surface area contributed by atoms with Crippen LogP contribution in [0, 0.1) is 11.8 Å². The van der Waals surface area contributed by atoms with Gasteiger partial charge in [0, 0.05) is 32.2 Å². The average molecular weight is 370 g/mol. The van der Waals surface area contributed by atoms with Gasteiger partial charge in [-0.05, 0) is 68.8 Å². The summed E-state index contributed by atoms with van der Waals surface area (Å²) in [6.07, 6.45) is 6.31. The van der Waals surface area contributed by atoms with Gasteiger partial charge in [-0.15, -0.1) is 0 Å². The molecule has 2 bridgehead atoms. The monoisotopic (exact) mass is 369 g/mol. The van der Waals surface area contributed by atoms with Gasteiger partial charge < -0.3 is 15.5 Å². The van der Waals surface area contributed by atoms with E-state index < -0.39 is 0 Å². The van der Waals surface area contributed by atoms with Gasteiger partial charge in [0.15, 0.2) is 0 Å². The fraction of sp³-hybridized carbons (Fsp3) is 0.714. The van der Waals surface area contributed by atoms with Crippen molar-refractivity contribution in [2.24, 2.45) is 11.8 Å². The zero-order chi connectivity index (χ0) is 18.4. The molecular formula is C21H31N5O. The molecule has 6 heteroatoms. The van der Waals surface area contributed by atoms with Gasteiger partial charge in [0.1, 0.15) is 11.5 Å². The van der Waals surface area contributed by atoms with Gasteiger partial charge in [0.2, 0.25) is 0 Å². The van der Waals surface area contributed by atoms with Crippen LogP contribution in [-0.4, -0.2) is 67.6 Å². The second-order valence-corrected chi connectivity index (χ2v) is 8.84. The van der Waals surface area contributed by atoms with Gasteiger partial charge in [-0.25, -0.2) is 4.98 Å².